The molecule has 0 spiro atoms. The van der Waals surface area contributed by atoms with E-state index in [-0.39, 0.29) is 0 Å². The van der Waals surface area contributed by atoms with Crippen LogP contribution in [0.15, 0.2) is 97.6 Å². The van der Waals surface area contributed by atoms with E-state index in [2.05, 4.69) is 104 Å². The van der Waals surface area contributed by atoms with Gasteiger partial charge in [-0.15, -0.1) is 0 Å². The molecule has 0 saturated heterocycles. The summed E-state index contributed by atoms with van der Waals surface area (Å²) < 4.78 is 0. The molecule has 2 N–H and O–H groups in total. The Morgan fingerprint density at radius 2 is 1.33 bits per heavy atom. The molecule has 2 heteroatoms. The zero-order valence-electron chi connectivity index (χ0n) is 15.4. The van der Waals surface area contributed by atoms with Crippen molar-refractivity contribution in [1.82, 2.24) is 0 Å². The number of hydrogen-bond donors (Lipinski definition) is 1. The third-order valence-electron chi connectivity index (χ3n) is 4.84. The first kappa shape index (κ1) is 17.5. The summed E-state index contributed by atoms with van der Waals surface area (Å²) in [6.45, 7) is 6.14. The van der Waals surface area contributed by atoms with Crippen molar-refractivity contribution in [3.05, 3.63) is 109 Å². The van der Waals surface area contributed by atoms with Crippen LogP contribution in [0, 0.1) is 6.92 Å². The van der Waals surface area contributed by atoms with Crippen LogP contribution in [0.3, 0.4) is 0 Å². The molecule has 0 heterocycles. The Morgan fingerprint density at radius 3 is 1.89 bits per heavy atom. The third kappa shape index (κ3) is 3.27. The van der Waals surface area contributed by atoms with Crippen molar-refractivity contribution >= 4 is 40.3 Å². The van der Waals surface area contributed by atoms with Crippen LogP contribution in [0.4, 0.5) is 0 Å². The SMILES string of the molecule is C=C(N)c1ccc(P(c2ccccc2)c2ccccc2)c2cccc(C)c12. The summed E-state index contributed by atoms with van der Waals surface area (Å²) in [5.41, 5.74) is 8.98. The van der Waals surface area contributed by atoms with Gasteiger partial charge in [0.2, 0.25) is 0 Å². The second-order valence-corrected chi connectivity index (χ2v) is 8.85. The van der Waals surface area contributed by atoms with Crippen molar-refractivity contribution in [3.63, 3.8) is 0 Å². The van der Waals surface area contributed by atoms with E-state index in [4.69, 9.17) is 5.73 Å². The molecule has 0 radical (unpaired) electrons. The predicted octanol–water partition coefficient (Wildman–Crippen LogP) is 4.84. The summed E-state index contributed by atoms with van der Waals surface area (Å²) in [6, 6.07) is 32.4. The van der Waals surface area contributed by atoms with Gasteiger partial charge in [-0.25, -0.2) is 0 Å². The van der Waals surface area contributed by atoms with E-state index >= 15 is 0 Å². The monoisotopic (exact) mass is 367 g/mol. The highest BCUT2D eigenvalue weighted by Gasteiger charge is 2.20. The first-order valence-corrected chi connectivity index (χ1v) is 10.4. The maximum Gasteiger partial charge on any atom is 0.0320 e. The van der Waals surface area contributed by atoms with Gasteiger partial charge in [0, 0.05) is 11.3 Å². The number of rotatable bonds is 4. The third-order valence-corrected chi connectivity index (χ3v) is 7.34. The van der Waals surface area contributed by atoms with Gasteiger partial charge in [-0.2, -0.15) is 0 Å². The van der Waals surface area contributed by atoms with E-state index in [0.29, 0.717) is 5.70 Å². The van der Waals surface area contributed by atoms with Crippen LogP contribution in [0.25, 0.3) is 16.5 Å². The molecule has 0 amide bonds. The number of benzene rings is 4. The van der Waals surface area contributed by atoms with Crippen molar-refractivity contribution in [3.8, 4) is 0 Å². The van der Waals surface area contributed by atoms with Crippen molar-refractivity contribution in [2.75, 3.05) is 0 Å². The summed E-state index contributed by atoms with van der Waals surface area (Å²) in [5, 5.41) is 6.52. The Kier molecular flexibility index (Phi) is 4.79. The zero-order valence-corrected chi connectivity index (χ0v) is 16.3. The largest absolute Gasteiger partial charge is 0.399 e. The molecule has 0 aromatic heterocycles. The molecular weight excluding hydrogens is 345 g/mol. The van der Waals surface area contributed by atoms with Crippen LogP contribution in [-0.4, -0.2) is 0 Å². The first-order valence-electron chi connectivity index (χ1n) is 9.04. The van der Waals surface area contributed by atoms with Gasteiger partial charge in [-0.1, -0.05) is 97.6 Å². The number of fused-ring (bicyclic) bond motifs is 1. The highest BCUT2D eigenvalue weighted by atomic mass is 31.1. The Morgan fingerprint density at radius 1 is 0.741 bits per heavy atom. The van der Waals surface area contributed by atoms with Crippen LogP contribution >= 0.6 is 7.92 Å². The summed E-state index contributed by atoms with van der Waals surface area (Å²) in [4.78, 5) is 0. The molecule has 4 aromatic carbocycles. The number of aryl methyl sites for hydroxylation is 1. The average molecular weight is 367 g/mol. The molecule has 0 aliphatic heterocycles. The zero-order chi connectivity index (χ0) is 18.8. The van der Waals surface area contributed by atoms with Crippen LogP contribution in [0.2, 0.25) is 0 Å². The average Bonchev–Trinajstić information content (AvgIpc) is 2.70. The smallest absolute Gasteiger partial charge is 0.0320 e. The van der Waals surface area contributed by atoms with E-state index in [1.807, 2.05) is 0 Å². The van der Waals surface area contributed by atoms with Gasteiger partial charge >= 0.3 is 0 Å². The molecule has 0 aliphatic carbocycles. The van der Waals surface area contributed by atoms with Crippen LogP contribution in [0.5, 0.6) is 0 Å². The van der Waals surface area contributed by atoms with Gasteiger partial charge in [0.1, 0.15) is 0 Å². The minimum Gasteiger partial charge on any atom is -0.399 e. The summed E-state index contributed by atoms with van der Waals surface area (Å²) in [6.07, 6.45) is 0. The minimum atomic E-state index is -0.660. The van der Waals surface area contributed by atoms with Crippen molar-refractivity contribution < 1.29 is 0 Å². The van der Waals surface area contributed by atoms with Gasteiger partial charge in [0.15, 0.2) is 0 Å². The van der Waals surface area contributed by atoms with E-state index < -0.39 is 7.92 Å². The Hall–Kier alpha value is -2.89. The molecule has 27 heavy (non-hydrogen) atoms. The van der Waals surface area contributed by atoms with Gasteiger partial charge in [-0.05, 0) is 47.1 Å². The summed E-state index contributed by atoms with van der Waals surface area (Å²) in [5.74, 6) is 0. The van der Waals surface area contributed by atoms with Crippen molar-refractivity contribution in [2.45, 2.75) is 6.92 Å². The Balaban J connectivity index is 2.05. The standard InChI is InChI=1S/C25H22NP/c1-18-10-9-15-23-24(17-16-22(19(2)26)25(18)23)27(20-11-5-3-6-12-20)21-13-7-4-8-14-21/h3-17H,2,26H2,1H3. The highest BCUT2D eigenvalue weighted by molar-refractivity contribution is 7.80. The fourth-order valence-corrected chi connectivity index (χ4v) is 6.06. The highest BCUT2D eigenvalue weighted by Crippen LogP contribution is 2.37. The van der Waals surface area contributed by atoms with E-state index in [1.165, 1.54) is 32.2 Å². The molecule has 0 unspecified atom stereocenters. The van der Waals surface area contributed by atoms with Crippen LogP contribution in [0.1, 0.15) is 11.1 Å². The van der Waals surface area contributed by atoms with E-state index in [9.17, 15) is 0 Å². The lowest BCUT2D eigenvalue weighted by Gasteiger charge is -2.22. The topological polar surface area (TPSA) is 26.0 Å². The van der Waals surface area contributed by atoms with Crippen LogP contribution in [-0.2, 0) is 0 Å². The van der Waals surface area contributed by atoms with Gasteiger partial charge in [0.25, 0.3) is 0 Å². The van der Waals surface area contributed by atoms with Gasteiger partial charge < -0.3 is 5.73 Å². The second kappa shape index (κ2) is 7.39. The summed E-state index contributed by atoms with van der Waals surface area (Å²) in [7, 11) is -0.660. The van der Waals surface area contributed by atoms with Gasteiger partial charge in [0.05, 0.1) is 0 Å². The van der Waals surface area contributed by atoms with Crippen molar-refractivity contribution in [2.24, 2.45) is 5.73 Å². The molecular formula is C25H22NP. The molecule has 132 valence electrons. The van der Waals surface area contributed by atoms with E-state index in [1.54, 1.807) is 0 Å². The fraction of sp³-hybridized carbons (Fsp3) is 0.0400. The van der Waals surface area contributed by atoms with Crippen molar-refractivity contribution in [1.29, 1.82) is 0 Å². The number of hydrogen-bond acceptors (Lipinski definition) is 1. The second-order valence-electron chi connectivity index (χ2n) is 6.66. The molecule has 4 rings (SSSR count). The lowest BCUT2D eigenvalue weighted by molar-refractivity contribution is 1.50. The molecule has 0 saturated carbocycles. The maximum atomic E-state index is 6.11. The first-order chi connectivity index (χ1) is 13.2. The molecule has 0 fully saturated rings. The number of nitrogens with two attached hydrogens (primary N) is 1. The molecule has 1 nitrogen and oxygen atoms in total. The molecule has 4 aromatic rings. The minimum absolute atomic E-state index is 0.615. The fourth-order valence-electron chi connectivity index (χ4n) is 3.62. The Bertz CT molecular complexity index is 1060. The van der Waals surface area contributed by atoms with Gasteiger partial charge in [-0.3, -0.25) is 0 Å². The maximum absolute atomic E-state index is 6.11. The lowest BCUT2D eigenvalue weighted by atomic mass is 9.98. The summed E-state index contributed by atoms with van der Waals surface area (Å²) >= 11 is 0. The Labute approximate surface area is 161 Å². The normalized spacial score (nSPS) is 11.0. The molecule has 0 atom stereocenters. The lowest BCUT2D eigenvalue weighted by Crippen LogP contribution is -2.21. The van der Waals surface area contributed by atoms with E-state index in [0.717, 1.165) is 5.56 Å². The van der Waals surface area contributed by atoms with Crippen LogP contribution < -0.4 is 21.6 Å². The predicted molar refractivity (Wildman–Crippen MR) is 121 cm³/mol. The molecule has 0 aliphatic rings. The quantitative estimate of drug-likeness (QED) is 0.514. The molecule has 0 bridgehead atoms.